The van der Waals surface area contributed by atoms with Gasteiger partial charge in [0.05, 0.1) is 11.3 Å². The number of aliphatic carboxylic acids is 1. The molecule has 7 nitrogen and oxygen atoms in total. The number of carboxylic acids is 1. The summed E-state index contributed by atoms with van der Waals surface area (Å²) in [6, 6.07) is 13.2. The lowest BCUT2D eigenvalue weighted by molar-refractivity contribution is -0.137. The SMILES string of the molecule is CCNS(=O)(=O)c1ccc(CC(=O)Nc2ccc(CCC(=O)O)cc2)cc1. The van der Waals surface area contributed by atoms with E-state index in [1.54, 1.807) is 43.3 Å². The second kappa shape index (κ2) is 9.29. The quantitative estimate of drug-likeness (QED) is 0.607. The Balaban J connectivity index is 1.92. The van der Waals surface area contributed by atoms with Crippen LogP contribution in [0.4, 0.5) is 5.69 Å². The van der Waals surface area contributed by atoms with Crippen molar-refractivity contribution in [3.63, 3.8) is 0 Å². The summed E-state index contributed by atoms with van der Waals surface area (Å²) in [6.45, 7) is 2.01. The van der Waals surface area contributed by atoms with Crippen molar-refractivity contribution in [3.8, 4) is 0 Å². The van der Waals surface area contributed by atoms with E-state index in [9.17, 15) is 18.0 Å². The Bertz CT molecular complexity index is 891. The third-order valence-corrected chi connectivity index (χ3v) is 5.36. The minimum Gasteiger partial charge on any atom is -0.481 e. The Hall–Kier alpha value is -2.71. The molecule has 0 aliphatic carbocycles. The van der Waals surface area contributed by atoms with Gasteiger partial charge in [0.25, 0.3) is 0 Å². The van der Waals surface area contributed by atoms with Gasteiger partial charge >= 0.3 is 5.97 Å². The van der Waals surface area contributed by atoms with Crippen LogP contribution in [0.3, 0.4) is 0 Å². The normalized spacial score (nSPS) is 11.1. The second-order valence-electron chi connectivity index (χ2n) is 5.96. The summed E-state index contributed by atoms with van der Waals surface area (Å²) in [4.78, 5) is 22.9. The highest BCUT2D eigenvalue weighted by Gasteiger charge is 2.12. The van der Waals surface area contributed by atoms with Crippen LogP contribution in [0.15, 0.2) is 53.4 Å². The molecule has 0 aromatic heterocycles. The number of hydrogen-bond donors (Lipinski definition) is 3. The van der Waals surface area contributed by atoms with Gasteiger partial charge in [-0.15, -0.1) is 0 Å². The van der Waals surface area contributed by atoms with Crippen molar-refractivity contribution in [2.45, 2.75) is 31.1 Å². The summed E-state index contributed by atoms with van der Waals surface area (Å²) in [7, 11) is -3.51. The van der Waals surface area contributed by atoms with E-state index in [1.165, 1.54) is 12.1 Å². The van der Waals surface area contributed by atoms with Gasteiger partial charge in [0.15, 0.2) is 0 Å². The molecule has 27 heavy (non-hydrogen) atoms. The average Bonchev–Trinajstić information content (AvgIpc) is 2.61. The summed E-state index contributed by atoms with van der Waals surface area (Å²) in [5.41, 5.74) is 2.19. The molecule has 0 bridgehead atoms. The van der Waals surface area contributed by atoms with Gasteiger partial charge in [-0.3, -0.25) is 9.59 Å². The summed E-state index contributed by atoms with van der Waals surface area (Å²) in [5, 5.41) is 11.4. The number of anilines is 1. The number of amides is 1. The Labute approximate surface area is 158 Å². The second-order valence-corrected chi connectivity index (χ2v) is 7.73. The van der Waals surface area contributed by atoms with Gasteiger partial charge in [0.2, 0.25) is 15.9 Å². The number of benzene rings is 2. The van der Waals surface area contributed by atoms with Crippen LogP contribution in [-0.2, 0) is 32.5 Å². The molecule has 2 aromatic carbocycles. The minimum absolute atomic E-state index is 0.0607. The van der Waals surface area contributed by atoms with Crippen LogP contribution in [0.5, 0.6) is 0 Å². The molecule has 3 N–H and O–H groups in total. The van der Waals surface area contributed by atoms with Crippen LogP contribution in [0.1, 0.15) is 24.5 Å². The molecule has 2 aromatic rings. The van der Waals surface area contributed by atoms with Crippen LogP contribution in [0.2, 0.25) is 0 Å². The molecule has 2 rings (SSSR count). The van der Waals surface area contributed by atoms with Gasteiger partial charge < -0.3 is 10.4 Å². The predicted molar refractivity (Wildman–Crippen MR) is 102 cm³/mol. The standard InChI is InChI=1S/C19H22N2O5S/c1-2-20-27(25,26)17-10-5-15(6-11-17)13-18(22)21-16-8-3-14(4-9-16)7-12-19(23)24/h3-6,8-11,20H,2,7,12-13H2,1H3,(H,21,22)(H,23,24). The lowest BCUT2D eigenvalue weighted by Crippen LogP contribution is -2.23. The van der Waals surface area contributed by atoms with E-state index in [1.807, 2.05) is 0 Å². The zero-order valence-electron chi connectivity index (χ0n) is 14.9. The first-order valence-electron chi connectivity index (χ1n) is 8.49. The summed E-state index contributed by atoms with van der Waals surface area (Å²) in [6.07, 6.45) is 0.610. The van der Waals surface area contributed by atoms with Gasteiger partial charge in [-0.05, 0) is 41.8 Å². The maximum atomic E-state index is 12.1. The molecule has 0 aliphatic heterocycles. The Morgan fingerprint density at radius 1 is 0.963 bits per heavy atom. The maximum Gasteiger partial charge on any atom is 0.303 e. The number of carboxylic acid groups (broad SMARTS) is 1. The molecule has 0 saturated heterocycles. The summed E-state index contributed by atoms with van der Waals surface area (Å²) < 4.78 is 26.2. The number of sulfonamides is 1. The molecular weight excluding hydrogens is 368 g/mol. The summed E-state index contributed by atoms with van der Waals surface area (Å²) >= 11 is 0. The zero-order valence-corrected chi connectivity index (χ0v) is 15.8. The molecule has 8 heteroatoms. The number of carbonyl (C=O) groups is 2. The van der Waals surface area contributed by atoms with Crippen LogP contribution >= 0.6 is 0 Å². The van der Waals surface area contributed by atoms with Gasteiger partial charge in [0, 0.05) is 18.7 Å². The monoisotopic (exact) mass is 390 g/mol. The fourth-order valence-electron chi connectivity index (χ4n) is 2.46. The number of carbonyl (C=O) groups excluding carboxylic acids is 1. The third-order valence-electron chi connectivity index (χ3n) is 3.80. The van der Waals surface area contributed by atoms with Gasteiger partial charge in [0.1, 0.15) is 0 Å². The predicted octanol–water partition coefficient (Wildman–Crippen LogP) is 2.18. The van der Waals surface area contributed by atoms with E-state index in [0.717, 1.165) is 5.56 Å². The van der Waals surface area contributed by atoms with E-state index in [2.05, 4.69) is 10.0 Å². The molecule has 0 unspecified atom stereocenters. The Morgan fingerprint density at radius 3 is 2.11 bits per heavy atom. The van der Waals surface area contributed by atoms with Crippen LogP contribution in [0.25, 0.3) is 0 Å². The van der Waals surface area contributed by atoms with Crippen molar-refractivity contribution >= 4 is 27.6 Å². The average molecular weight is 390 g/mol. The molecule has 0 fully saturated rings. The number of aryl methyl sites for hydroxylation is 1. The van der Waals surface area contributed by atoms with Crippen molar-refractivity contribution in [2.24, 2.45) is 0 Å². The van der Waals surface area contributed by atoms with E-state index < -0.39 is 16.0 Å². The first-order chi connectivity index (χ1) is 12.8. The topological polar surface area (TPSA) is 113 Å². The molecule has 0 aliphatic rings. The molecule has 0 spiro atoms. The van der Waals surface area contributed by atoms with Gasteiger partial charge in [-0.25, -0.2) is 13.1 Å². The molecule has 0 heterocycles. The third kappa shape index (κ3) is 6.50. The molecule has 0 atom stereocenters. The van der Waals surface area contributed by atoms with E-state index in [-0.39, 0.29) is 23.6 Å². The fraction of sp³-hybridized carbons (Fsp3) is 0.263. The largest absolute Gasteiger partial charge is 0.481 e. The zero-order chi connectivity index (χ0) is 19.9. The molecule has 0 saturated carbocycles. The van der Waals surface area contributed by atoms with Crippen LogP contribution in [0, 0.1) is 0 Å². The highest BCUT2D eigenvalue weighted by atomic mass is 32.2. The van der Waals surface area contributed by atoms with Gasteiger partial charge in [-0.1, -0.05) is 31.2 Å². The smallest absolute Gasteiger partial charge is 0.303 e. The van der Waals surface area contributed by atoms with Gasteiger partial charge in [-0.2, -0.15) is 0 Å². The van der Waals surface area contributed by atoms with Crippen molar-refractivity contribution < 1.29 is 23.1 Å². The van der Waals surface area contributed by atoms with Crippen molar-refractivity contribution in [1.29, 1.82) is 0 Å². The number of rotatable bonds is 9. The first-order valence-corrected chi connectivity index (χ1v) is 9.97. The van der Waals surface area contributed by atoms with E-state index >= 15 is 0 Å². The minimum atomic E-state index is -3.51. The number of hydrogen-bond acceptors (Lipinski definition) is 4. The Kier molecular flexibility index (Phi) is 7.09. The highest BCUT2D eigenvalue weighted by molar-refractivity contribution is 7.89. The van der Waals surface area contributed by atoms with Crippen molar-refractivity contribution in [3.05, 3.63) is 59.7 Å². The molecule has 144 valence electrons. The van der Waals surface area contributed by atoms with E-state index in [4.69, 9.17) is 5.11 Å². The highest BCUT2D eigenvalue weighted by Crippen LogP contribution is 2.14. The first kappa shape index (κ1) is 20.6. The van der Waals surface area contributed by atoms with E-state index in [0.29, 0.717) is 24.2 Å². The maximum absolute atomic E-state index is 12.1. The van der Waals surface area contributed by atoms with Crippen molar-refractivity contribution in [1.82, 2.24) is 4.72 Å². The summed E-state index contributed by atoms with van der Waals surface area (Å²) in [5.74, 6) is -1.08. The number of nitrogens with one attached hydrogen (secondary N) is 2. The fourth-order valence-corrected chi connectivity index (χ4v) is 3.50. The van der Waals surface area contributed by atoms with Crippen LogP contribution < -0.4 is 10.0 Å². The van der Waals surface area contributed by atoms with Crippen molar-refractivity contribution in [2.75, 3.05) is 11.9 Å². The molecule has 0 radical (unpaired) electrons. The van der Waals surface area contributed by atoms with Crippen LogP contribution in [-0.4, -0.2) is 31.9 Å². The molecular formula is C19H22N2O5S. The lowest BCUT2D eigenvalue weighted by atomic mass is 10.1. The lowest BCUT2D eigenvalue weighted by Gasteiger charge is -2.08. The molecule has 1 amide bonds. The Morgan fingerprint density at radius 2 is 1.56 bits per heavy atom.